The predicted octanol–water partition coefficient (Wildman–Crippen LogP) is 4.30. The zero-order valence-electron chi connectivity index (χ0n) is 15.1. The second kappa shape index (κ2) is 8.37. The highest BCUT2D eigenvalue weighted by Crippen LogP contribution is 2.32. The number of thiophene rings is 2. The number of aryl methyl sites for hydroxylation is 2. The van der Waals surface area contributed by atoms with Crippen LogP contribution >= 0.6 is 22.7 Å². The Morgan fingerprint density at radius 2 is 1.78 bits per heavy atom. The molecular formula is C20H21NO3S3. The quantitative estimate of drug-likeness (QED) is 0.621. The molecule has 0 spiro atoms. The first-order valence-corrected chi connectivity index (χ1v) is 11.8. The molecule has 3 rings (SSSR count). The summed E-state index contributed by atoms with van der Waals surface area (Å²) in [6.07, 6.45) is 0.262. The standard InChI is InChI=1S/C20H21NO3S3/c1-14-7-8-17(11-15(14)2)27(23,24)19(18-6-4-10-26-18)13-21-20(22)12-16-5-3-9-25-16/h3-11,19H,12-13H2,1-2H3,(H,21,22)/t19-/m1/s1. The Kier molecular flexibility index (Phi) is 6.14. The minimum atomic E-state index is -3.62. The van der Waals surface area contributed by atoms with Gasteiger partial charge in [-0.3, -0.25) is 4.79 Å². The molecule has 7 heteroatoms. The fraction of sp³-hybridized carbons (Fsp3) is 0.250. The van der Waals surface area contributed by atoms with Crippen LogP contribution in [-0.2, 0) is 21.1 Å². The summed E-state index contributed by atoms with van der Waals surface area (Å²) in [6.45, 7) is 3.91. The number of sulfone groups is 1. The maximum atomic E-state index is 13.3. The van der Waals surface area contributed by atoms with Gasteiger partial charge < -0.3 is 5.32 Å². The lowest BCUT2D eigenvalue weighted by Crippen LogP contribution is -2.32. The third-order valence-electron chi connectivity index (χ3n) is 4.44. The van der Waals surface area contributed by atoms with Gasteiger partial charge in [0.1, 0.15) is 5.25 Å². The van der Waals surface area contributed by atoms with E-state index in [1.807, 2.05) is 48.9 Å². The minimum Gasteiger partial charge on any atom is -0.354 e. The Labute approximate surface area is 167 Å². The van der Waals surface area contributed by atoms with Gasteiger partial charge in [-0.15, -0.1) is 22.7 Å². The van der Waals surface area contributed by atoms with Gasteiger partial charge in [-0.2, -0.15) is 0 Å². The normalized spacial score (nSPS) is 12.7. The van der Waals surface area contributed by atoms with Gasteiger partial charge in [0, 0.05) is 16.3 Å². The molecule has 1 atom stereocenters. The van der Waals surface area contributed by atoms with Crippen molar-refractivity contribution >= 4 is 38.4 Å². The number of carbonyl (C=O) groups is 1. The van der Waals surface area contributed by atoms with E-state index in [1.165, 1.54) is 22.7 Å². The van der Waals surface area contributed by atoms with E-state index >= 15 is 0 Å². The van der Waals surface area contributed by atoms with E-state index in [2.05, 4.69) is 5.32 Å². The van der Waals surface area contributed by atoms with Crippen LogP contribution in [0.1, 0.15) is 26.1 Å². The lowest BCUT2D eigenvalue weighted by Gasteiger charge is -2.18. The van der Waals surface area contributed by atoms with Crippen molar-refractivity contribution in [3.63, 3.8) is 0 Å². The monoisotopic (exact) mass is 419 g/mol. The van der Waals surface area contributed by atoms with Gasteiger partial charge in [-0.1, -0.05) is 18.2 Å². The van der Waals surface area contributed by atoms with Gasteiger partial charge in [0.25, 0.3) is 0 Å². The van der Waals surface area contributed by atoms with Gasteiger partial charge in [0.05, 0.1) is 11.3 Å². The van der Waals surface area contributed by atoms with E-state index in [4.69, 9.17) is 0 Å². The largest absolute Gasteiger partial charge is 0.354 e. The molecule has 1 amide bonds. The van der Waals surface area contributed by atoms with Crippen LogP contribution in [0.5, 0.6) is 0 Å². The highest BCUT2D eigenvalue weighted by Gasteiger charge is 2.30. The Bertz CT molecular complexity index is 1010. The summed E-state index contributed by atoms with van der Waals surface area (Å²) in [5.74, 6) is -0.172. The molecule has 0 unspecified atom stereocenters. The Hall–Kier alpha value is -1.96. The van der Waals surface area contributed by atoms with Crippen LogP contribution in [0.25, 0.3) is 0 Å². The number of amides is 1. The minimum absolute atomic E-state index is 0.0555. The molecule has 0 aliphatic carbocycles. The lowest BCUT2D eigenvalue weighted by molar-refractivity contribution is -0.120. The molecule has 2 aromatic heterocycles. The van der Waals surface area contributed by atoms with E-state index in [1.54, 1.807) is 18.2 Å². The molecule has 0 aliphatic rings. The molecule has 0 saturated carbocycles. The van der Waals surface area contributed by atoms with E-state index in [0.29, 0.717) is 0 Å². The summed E-state index contributed by atoms with van der Waals surface area (Å²) in [7, 11) is -3.62. The molecule has 0 bridgehead atoms. The van der Waals surface area contributed by atoms with Crippen LogP contribution in [0.2, 0.25) is 0 Å². The fourth-order valence-electron chi connectivity index (χ4n) is 2.73. The van der Waals surface area contributed by atoms with Gasteiger partial charge in [-0.05, 0) is 60.0 Å². The third kappa shape index (κ3) is 4.66. The number of benzene rings is 1. The topological polar surface area (TPSA) is 63.2 Å². The van der Waals surface area contributed by atoms with Crippen LogP contribution in [-0.4, -0.2) is 20.9 Å². The van der Waals surface area contributed by atoms with E-state index in [9.17, 15) is 13.2 Å². The van der Waals surface area contributed by atoms with Crippen LogP contribution < -0.4 is 5.32 Å². The molecule has 2 heterocycles. The molecule has 1 N–H and O–H groups in total. The van der Waals surface area contributed by atoms with Crippen LogP contribution in [0.4, 0.5) is 0 Å². The molecule has 3 aromatic rings. The molecule has 0 aliphatic heterocycles. The maximum absolute atomic E-state index is 13.3. The molecule has 4 nitrogen and oxygen atoms in total. The van der Waals surface area contributed by atoms with E-state index < -0.39 is 15.1 Å². The summed E-state index contributed by atoms with van der Waals surface area (Å²) in [5.41, 5.74) is 1.98. The number of hydrogen-bond donors (Lipinski definition) is 1. The second-order valence-corrected chi connectivity index (χ2v) is 10.5. The second-order valence-electron chi connectivity index (χ2n) is 6.36. The summed E-state index contributed by atoms with van der Waals surface area (Å²) >= 11 is 2.90. The van der Waals surface area contributed by atoms with Crippen molar-refractivity contribution in [2.45, 2.75) is 30.4 Å². The average Bonchev–Trinajstić information content (AvgIpc) is 3.31. The summed E-state index contributed by atoms with van der Waals surface area (Å²) in [5, 5.41) is 5.78. The molecule has 1 aromatic carbocycles. The van der Waals surface area contributed by atoms with Crippen molar-refractivity contribution in [3.05, 3.63) is 74.1 Å². The zero-order valence-corrected chi connectivity index (χ0v) is 17.6. The van der Waals surface area contributed by atoms with Crippen molar-refractivity contribution in [1.29, 1.82) is 0 Å². The first-order chi connectivity index (χ1) is 12.9. The highest BCUT2D eigenvalue weighted by atomic mass is 32.2. The van der Waals surface area contributed by atoms with Gasteiger partial charge in [-0.25, -0.2) is 8.42 Å². The molecule has 0 fully saturated rings. The number of hydrogen-bond acceptors (Lipinski definition) is 5. The zero-order chi connectivity index (χ0) is 19.4. The van der Waals surface area contributed by atoms with Crippen LogP contribution in [0.15, 0.2) is 58.1 Å². The Morgan fingerprint density at radius 3 is 2.41 bits per heavy atom. The third-order valence-corrected chi connectivity index (χ3v) is 8.53. The van der Waals surface area contributed by atoms with Gasteiger partial charge >= 0.3 is 0 Å². The van der Waals surface area contributed by atoms with E-state index in [0.717, 1.165) is 20.9 Å². The number of rotatable bonds is 7. The molecule has 0 radical (unpaired) electrons. The number of nitrogens with one attached hydrogen (secondary N) is 1. The van der Waals surface area contributed by atoms with Crippen molar-refractivity contribution in [2.24, 2.45) is 0 Å². The first-order valence-electron chi connectivity index (χ1n) is 8.51. The van der Waals surface area contributed by atoms with Crippen molar-refractivity contribution in [1.82, 2.24) is 5.32 Å². The van der Waals surface area contributed by atoms with Gasteiger partial charge in [0.2, 0.25) is 5.91 Å². The summed E-state index contributed by atoms with van der Waals surface area (Å²) in [6, 6.07) is 12.6. The smallest absolute Gasteiger partial charge is 0.225 e. The van der Waals surface area contributed by atoms with Crippen molar-refractivity contribution < 1.29 is 13.2 Å². The predicted molar refractivity (Wildman–Crippen MR) is 111 cm³/mol. The number of carbonyl (C=O) groups excluding carboxylic acids is 1. The molecule has 27 heavy (non-hydrogen) atoms. The van der Waals surface area contributed by atoms with Crippen LogP contribution in [0.3, 0.4) is 0 Å². The van der Waals surface area contributed by atoms with Crippen LogP contribution in [0, 0.1) is 13.8 Å². The summed E-state index contributed by atoms with van der Waals surface area (Å²) < 4.78 is 26.6. The molecule has 0 saturated heterocycles. The fourth-order valence-corrected chi connectivity index (χ4v) is 6.30. The molecule has 142 valence electrons. The van der Waals surface area contributed by atoms with Crippen molar-refractivity contribution in [3.8, 4) is 0 Å². The highest BCUT2D eigenvalue weighted by molar-refractivity contribution is 7.91. The average molecular weight is 420 g/mol. The summed E-state index contributed by atoms with van der Waals surface area (Å²) in [4.78, 5) is 14.2. The first kappa shape index (κ1) is 19.8. The Balaban J connectivity index is 1.83. The Morgan fingerprint density at radius 1 is 1.04 bits per heavy atom. The van der Waals surface area contributed by atoms with E-state index in [-0.39, 0.29) is 23.8 Å². The van der Waals surface area contributed by atoms with Gasteiger partial charge in [0.15, 0.2) is 9.84 Å². The SMILES string of the molecule is Cc1ccc(S(=O)(=O)[C@H](CNC(=O)Cc2cccs2)c2cccs2)cc1C. The maximum Gasteiger partial charge on any atom is 0.225 e. The van der Waals surface area contributed by atoms with Crippen molar-refractivity contribution in [2.75, 3.05) is 6.54 Å². The molecular weight excluding hydrogens is 398 g/mol. The lowest BCUT2D eigenvalue weighted by atomic mass is 10.1.